The SMILES string of the molecule is Nc1ncnc2c1c(-c1cccc(OCc3ccccc3)c1)cn2C1CCC(N2CCOCC2)CC1. The van der Waals surface area contributed by atoms with Crippen LogP contribution in [0.2, 0.25) is 0 Å². The molecule has 2 aliphatic rings. The minimum Gasteiger partial charge on any atom is -0.489 e. The van der Waals surface area contributed by atoms with Crippen molar-refractivity contribution in [1.29, 1.82) is 0 Å². The Morgan fingerprint density at radius 1 is 0.917 bits per heavy atom. The maximum Gasteiger partial charge on any atom is 0.146 e. The lowest BCUT2D eigenvalue weighted by Gasteiger charge is -2.39. The number of aromatic nitrogens is 3. The van der Waals surface area contributed by atoms with E-state index in [1.807, 2.05) is 30.3 Å². The van der Waals surface area contributed by atoms with Crippen molar-refractivity contribution >= 4 is 16.9 Å². The van der Waals surface area contributed by atoms with Crippen molar-refractivity contribution in [2.24, 2.45) is 0 Å². The van der Waals surface area contributed by atoms with Gasteiger partial charge in [0.15, 0.2) is 0 Å². The monoisotopic (exact) mass is 483 g/mol. The Labute approximate surface area is 211 Å². The number of anilines is 1. The van der Waals surface area contributed by atoms with Crippen molar-refractivity contribution in [2.45, 2.75) is 44.4 Å². The number of nitrogen functional groups attached to an aromatic ring is 1. The van der Waals surface area contributed by atoms with Crippen LogP contribution in [0.1, 0.15) is 37.3 Å². The Morgan fingerprint density at radius 3 is 2.50 bits per heavy atom. The lowest BCUT2D eigenvalue weighted by atomic mass is 9.90. The van der Waals surface area contributed by atoms with E-state index in [9.17, 15) is 0 Å². The number of hydrogen-bond donors (Lipinski definition) is 1. The summed E-state index contributed by atoms with van der Waals surface area (Å²) in [5.74, 6) is 1.35. The third-order valence-electron chi connectivity index (χ3n) is 7.65. The first kappa shape index (κ1) is 23.0. The van der Waals surface area contributed by atoms with E-state index in [1.165, 1.54) is 12.8 Å². The van der Waals surface area contributed by atoms with E-state index in [2.05, 4.69) is 49.9 Å². The van der Waals surface area contributed by atoms with E-state index in [4.69, 9.17) is 15.2 Å². The zero-order valence-corrected chi connectivity index (χ0v) is 20.6. The maximum atomic E-state index is 6.42. The van der Waals surface area contributed by atoms with E-state index in [0.29, 0.717) is 24.5 Å². The molecule has 2 fully saturated rings. The van der Waals surface area contributed by atoms with Gasteiger partial charge in [0, 0.05) is 36.9 Å². The van der Waals surface area contributed by atoms with Gasteiger partial charge < -0.3 is 19.8 Å². The molecule has 0 atom stereocenters. The van der Waals surface area contributed by atoms with Crippen molar-refractivity contribution in [3.05, 3.63) is 72.7 Å². The van der Waals surface area contributed by atoms with Crippen LogP contribution in [-0.4, -0.2) is 51.8 Å². The molecular weight excluding hydrogens is 450 g/mol. The van der Waals surface area contributed by atoms with Gasteiger partial charge >= 0.3 is 0 Å². The number of nitrogens with two attached hydrogens (primary N) is 1. The minimum absolute atomic E-state index is 0.408. The molecule has 6 rings (SSSR count). The zero-order chi connectivity index (χ0) is 24.3. The van der Waals surface area contributed by atoms with Gasteiger partial charge in [-0.15, -0.1) is 0 Å². The van der Waals surface area contributed by atoms with Crippen molar-refractivity contribution in [2.75, 3.05) is 32.0 Å². The number of rotatable bonds is 6. The second-order valence-electron chi connectivity index (χ2n) is 9.82. The number of ether oxygens (including phenoxy) is 2. The molecule has 1 saturated heterocycles. The Bertz CT molecular complexity index is 1310. The molecule has 1 aliphatic carbocycles. The summed E-state index contributed by atoms with van der Waals surface area (Å²) in [5, 5.41) is 0.924. The van der Waals surface area contributed by atoms with Crippen LogP contribution in [0.4, 0.5) is 5.82 Å². The summed E-state index contributed by atoms with van der Waals surface area (Å²) in [5.41, 5.74) is 10.6. The van der Waals surface area contributed by atoms with E-state index in [-0.39, 0.29) is 0 Å². The largest absolute Gasteiger partial charge is 0.489 e. The van der Waals surface area contributed by atoms with Gasteiger partial charge in [-0.1, -0.05) is 42.5 Å². The van der Waals surface area contributed by atoms with E-state index < -0.39 is 0 Å². The zero-order valence-electron chi connectivity index (χ0n) is 20.6. The Balaban J connectivity index is 1.26. The summed E-state index contributed by atoms with van der Waals surface area (Å²) < 4.78 is 14.0. The lowest BCUT2D eigenvalue weighted by Crippen LogP contribution is -2.45. The molecule has 3 heterocycles. The molecule has 7 heteroatoms. The van der Waals surface area contributed by atoms with Crippen LogP contribution in [0.25, 0.3) is 22.2 Å². The fourth-order valence-electron chi connectivity index (χ4n) is 5.74. The number of nitrogens with zero attached hydrogens (tertiary/aromatic N) is 4. The average molecular weight is 484 g/mol. The number of benzene rings is 2. The van der Waals surface area contributed by atoms with E-state index in [1.54, 1.807) is 6.33 Å². The van der Waals surface area contributed by atoms with E-state index >= 15 is 0 Å². The lowest BCUT2D eigenvalue weighted by molar-refractivity contribution is 0.00558. The van der Waals surface area contributed by atoms with Gasteiger partial charge in [-0.25, -0.2) is 9.97 Å². The first-order valence-corrected chi connectivity index (χ1v) is 13.0. The molecule has 0 amide bonds. The Morgan fingerprint density at radius 2 is 1.69 bits per heavy atom. The fourth-order valence-corrected chi connectivity index (χ4v) is 5.74. The topological polar surface area (TPSA) is 78.4 Å². The number of fused-ring (bicyclic) bond motifs is 1. The van der Waals surface area contributed by atoms with Crippen LogP contribution in [0.3, 0.4) is 0 Å². The van der Waals surface area contributed by atoms with Crippen LogP contribution in [0, 0.1) is 0 Å². The molecule has 0 unspecified atom stereocenters. The molecule has 1 aliphatic heterocycles. The summed E-state index contributed by atoms with van der Waals surface area (Å²) in [6, 6.07) is 19.5. The summed E-state index contributed by atoms with van der Waals surface area (Å²) in [4.78, 5) is 11.6. The molecular formula is C29H33N5O2. The first-order chi connectivity index (χ1) is 17.8. The highest BCUT2D eigenvalue weighted by Crippen LogP contribution is 2.39. The van der Waals surface area contributed by atoms with Gasteiger partial charge in [0.2, 0.25) is 0 Å². The maximum absolute atomic E-state index is 6.42. The molecule has 186 valence electrons. The van der Waals surface area contributed by atoms with Gasteiger partial charge in [-0.3, -0.25) is 4.90 Å². The van der Waals surface area contributed by atoms with Crippen molar-refractivity contribution < 1.29 is 9.47 Å². The van der Waals surface area contributed by atoms with Crippen molar-refractivity contribution in [1.82, 2.24) is 19.4 Å². The summed E-state index contributed by atoms with van der Waals surface area (Å²) in [6.07, 6.45) is 8.47. The third-order valence-corrected chi connectivity index (χ3v) is 7.65. The highest BCUT2D eigenvalue weighted by Gasteiger charge is 2.29. The van der Waals surface area contributed by atoms with Crippen LogP contribution < -0.4 is 10.5 Å². The number of morpholine rings is 1. The third kappa shape index (κ3) is 4.68. The quantitative estimate of drug-likeness (QED) is 0.412. The normalized spacial score (nSPS) is 21.0. The highest BCUT2D eigenvalue weighted by atomic mass is 16.5. The summed E-state index contributed by atoms with van der Waals surface area (Å²) in [7, 11) is 0. The molecule has 1 saturated carbocycles. The molecule has 7 nitrogen and oxygen atoms in total. The van der Waals surface area contributed by atoms with Gasteiger partial charge in [-0.2, -0.15) is 0 Å². The standard InChI is InChI=1S/C29H33N5O2/c30-28-27-26(22-7-4-8-25(17-22)36-19-21-5-2-1-3-6-21)18-34(29(27)32-20-31-28)24-11-9-23(10-12-24)33-13-15-35-16-14-33/h1-8,17-18,20,23-24H,9-16,19H2,(H2,30,31,32). The predicted molar refractivity (Wildman–Crippen MR) is 142 cm³/mol. The molecule has 4 aromatic rings. The van der Waals surface area contributed by atoms with Crippen LogP contribution in [0.5, 0.6) is 5.75 Å². The van der Waals surface area contributed by atoms with E-state index in [0.717, 1.165) is 72.6 Å². The van der Waals surface area contributed by atoms with Crippen LogP contribution in [0.15, 0.2) is 67.1 Å². The second-order valence-corrected chi connectivity index (χ2v) is 9.82. The smallest absolute Gasteiger partial charge is 0.146 e. The number of hydrogen-bond acceptors (Lipinski definition) is 6. The molecule has 0 bridgehead atoms. The molecule has 36 heavy (non-hydrogen) atoms. The highest BCUT2D eigenvalue weighted by molar-refractivity contribution is 6.00. The van der Waals surface area contributed by atoms with Crippen LogP contribution >= 0.6 is 0 Å². The molecule has 2 aromatic carbocycles. The Hall–Kier alpha value is -3.42. The predicted octanol–water partition coefficient (Wildman–Crippen LogP) is 5.08. The van der Waals surface area contributed by atoms with Gasteiger partial charge in [-0.05, 0) is 48.9 Å². The fraction of sp³-hybridized carbons (Fsp3) is 0.379. The van der Waals surface area contributed by atoms with Crippen molar-refractivity contribution in [3.8, 4) is 16.9 Å². The first-order valence-electron chi connectivity index (χ1n) is 13.0. The second kappa shape index (κ2) is 10.3. The van der Waals surface area contributed by atoms with Gasteiger partial charge in [0.1, 0.15) is 30.1 Å². The Kier molecular flexibility index (Phi) is 6.57. The summed E-state index contributed by atoms with van der Waals surface area (Å²) >= 11 is 0. The minimum atomic E-state index is 0.408. The summed E-state index contributed by atoms with van der Waals surface area (Å²) in [6.45, 7) is 4.35. The molecule has 0 spiro atoms. The molecule has 0 radical (unpaired) electrons. The molecule has 2 aromatic heterocycles. The van der Waals surface area contributed by atoms with Gasteiger partial charge in [0.05, 0.1) is 18.6 Å². The van der Waals surface area contributed by atoms with Crippen LogP contribution in [-0.2, 0) is 11.3 Å². The average Bonchev–Trinajstić information content (AvgIpc) is 3.34. The van der Waals surface area contributed by atoms with Gasteiger partial charge in [0.25, 0.3) is 0 Å². The molecule has 2 N–H and O–H groups in total. The van der Waals surface area contributed by atoms with Crippen molar-refractivity contribution in [3.63, 3.8) is 0 Å².